The van der Waals surface area contributed by atoms with Gasteiger partial charge in [0.1, 0.15) is 5.39 Å². The van der Waals surface area contributed by atoms with Crippen LogP contribution in [-0.2, 0) is 0 Å². The van der Waals surface area contributed by atoms with E-state index < -0.39 is 9.85 Å². The lowest BCUT2D eigenvalue weighted by molar-refractivity contribution is -0.390. The predicted octanol–water partition coefficient (Wildman–Crippen LogP) is 3.86. The number of benzene rings is 2. The summed E-state index contributed by atoms with van der Waals surface area (Å²) in [5.74, 6) is 0. The standard InChI is InChI=1S/C18H20N4O4/c23-21(24)15-7-5-13(19-9-1-2-10-19)17-14(20-11-3-4-12-20)6-8-16(18(15)17)22(25)26/h5-8H,1-4,9-12H2. The van der Waals surface area contributed by atoms with Gasteiger partial charge >= 0.3 is 0 Å². The van der Waals surface area contributed by atoms with Crippen molar-refractivity contribution in [1.82, 2.24) is 0 Å². The Bertz CT molecular complexity index is 818. The third kappa shape index (κ3) is 2.61. The molecule has 0 aromatic heterocycles. The number of nitro groups is 2. The highest BCUT2D eigenvalue weighted by Crippen LogP contribution is 2.45. The highest BCUT2D eigenvalue weighted by atomic mass is 16.6. The molecule has 0 atom stereocenters. The minimum Gasteiger partial charge on any atom is -0.371 e. The van der Waals surface area contributed by atoms with E-state index in [0.717, 1.165) is 63.2 Å². The molecule has 26 heavy (non-hydrogen) atoms. The molecule has 2 aliphatic rings. The number of hydrogen-bond donors (Lipinski definition) is 0. The van der Waals surface area contributed by atoms with E-state index in [4.69, 9.17) is 0 Å². The fourth-order valence-corrected chi connectivity index (χ4v) is 4.17. The van der Waals surface area contributed by atoms with Gasteiger partial charge in [-0.15, -0.1) is 0 Å². The molecule has 0 N–H and O–H groups in total. The number of non-ortho nitro benzene ring substituents is 2. The number of nitro benzene ring substituents is 2. The molecule has 2 saturated heterocycles. The van der Waals surface area contributed by atoms with Crippen LogP contribution in [-0.4, -0.2) is 36.0 Å². The van der Waals surface area contributed by atoms with Crippen molar-refractivity contribution in [2.75, 3.05) is 36.0 Å². The maximum absolute atomic E-state index is 11.6. The molecular formula is C18H20N4O4. The summed E-state index contributed by atoms with van der Waals surface area (Å²) in [7, 11) is 0. The van der Waals surface area contributed by atoms with E-state index in [1.54, 1.807) is 12.1 Å². The van der Waals surface area contributed by atoms with Gasteiger partial charge in [-0.25, -0.2) is 0 Å². The van der Waals surface area contributed by atoms with Gasteiger partial charge in [0.2, 0.25) is 0 Å². The predicted molar refractivity (Wildman–Crippen MR) is 100 cm³/mol. The summed E-state index contributed by atoms with van der Waals surface area (Å²) in [6.45, 7) is 3.48. The SMILES string of the molecule is O=[N+]([O-])c1ccc(N2CCCC2)c2c(N3CCCC3)ccc([N+](=O)[O-])c12. The first-order valence-electron chi connectivity index (χ1n) is 8.96. The summed E-state index contributed by atoms with van der Waals surface area (Å²) in [5.41, 5.74) is 1.34. The van der Waals surface area contributed by atoms with Crippen LogP contribution in [0.5, 0.6) is 0 Å². The molecule has 2 aliphatic heterocycles. The third-order valence-electron chi connectivity index (χ3n) is 5.36. The molecule has 4 rings (SSSR count). The van der Waals surface area contributed by atoms with Crippen molar-refractivity contribution < 1.29 is 9.85 Å². The quantitative estimate of drug-likeness (QED) is 0.610. The lowest BCUT2D eigenvalue weighted by atomic mass is 10.0. The van der Waals surface area contributed by atoms with Gasteiger partial charge in [0.05, 0.1) is 9.85 Å². The summed E-state index contributed by atoms with van der Waals surface area (Å²) in [4.78, 5) is 26.6. The molecule has 8 nitrogen and oxygen atoms in total. The van der Waals surface area contributed by atoms with Gasteiger partial charge < -0.3 is 9.80 Å². The van der Waals surface area contributed by atoms with Crippen molar-refractivity contribution in [3.63, 3.8) is 0 Å². The molecule has 0 bridgehead atoms. The van der Waals surface area contributed by atoms with Crippen LogP contribution in [0.3, 0.4) is 0 Å². The molecule has 2 aromatic carbocycles. The second-order valence-corrected chi connectivity index (χ2v) is 6.86. The minimum atomic E-state index is -0.517. The molecule has 0 amide bonds. The van der Waals surface area contributed by atoms with E-state index in [0.29, 0.717) is 5.39 Å². The Kier molecular flexibility index (Phi) is 4.10. The van der Waals surface area contributed by atoms with Crippen molar-refractivity contribution >= 4 is 33.5 Å². The van der Waals surface area contributed by atoms with Crippen molar-refractivity contribution in [3.8, 4) is 0 Å². The van der Waals surface area contributed by atoms with Gasteiger partial charge in [0, 0.05) is 55.1 Å². The lowest BCUT2D eigenvalue weighted by Crippen LogP contribution is -2.21. The number of fused-ring (bicyclic) bond motifs is 1. The first kappa shape index (κ1) is 16.6. The Morgan fingerprint density at radius 1 is 0.654 bits per heavy atom. The molecule has 2 fully saturated rings. The van der Waals surface area contributed by atoms with Crippen LogP contribution in [0, 0.1) is 20.2 Å². The van der Waals surface area contributed by atoms with Gasteiger partial charge in [-0.1, -0.05) is 0 Å². The van der Waals surface area contributed by atoms with Crippen LogP contribution in [0.1, 0.15) is 25.7 Å². The van der Waals surface area contributed by atoms with E-state index in [9.17, 15) is 20.2 Å². The van der Waals surface area contributed by atoms with E-state index >= 15 is 0 Å². The van der Waals surface area contributed by atoms with Gasteiger partial charge in [-0.2, -0.15) is 0 Å². The van der Waals surface area contributed by atoms with E-state index in [1.165, 1.54) is 12.1 Å². The Morgan fingerprint density at radius 3 is 1.38 bits per heavy atom. The lowest BCUT2D eigenvalue weighted by Gasteiger charge is -2.25. The Hall–Kier alpha value is -2.90. The second kappa shape index (κ2) is 6.44. The van der Waals surface area contributed by atoms with Gasteiger partial charge in [0.25, 0.3) is 11.4 Å². The highest BCUT2D eigenvalue weighted by Gasteiger charge is 2.30. The van der Waals surface area contributed by atoms with Gasteiger partial charge in [0.15, 0.2) is 0 Å². The highest BCUT2D eigenvalue weighted by molar-refractivity contribution is 6.12. The van der Waals surface area contributed by atoms with Gasteiger partial charge in [-0.05, 0) is 37.8 Å². The Labute approximate surface area is 150 Å². The van der Waals surface area contributed by atoms with Crippen LogP contribution in [0.4, 0.5) is 22.7 Å². The van der Waals surface area contributed by atoms with Crippen LogP contribution in [0.2, 0.25) is 0 Å². The summed E-state index contributed by atoms with van der Waals surface area (Å²) in [5, 5.41) is 24.0. The van der Waals surface area contributed by atoms with E-state index in [2.05, 4.69) is 9.80 Å². The third-order valence-corrected chi connectivity index (χ3v) is 5.36. The molecule has 0 aliphatic carbocycles. The topological polar surface area (TPSA) is 92.8 Å². The van der Waals surface area contributed by atoms with Crippen molar-refractivity contribution in [2.45, 2.75) is 25.7 Å². The summed E-state index contributed by atoms with van der Waals surface area (Å²) < 4.78 is 0. The summed E-state index contributed by atoms with van der Waals surface area (Å²) >= 11 is 0. The monoisotopic (exact) mass is 356 g/mol. The molecular weight excluding hydrogens is 336 g/mol. The molecule has 0 unspecified atom stereocenters. The Balaban J connectivity index is 2.07. The molecule has 136 valence electrons. The second-order valence-electron chi connectivity index (χ2n) is 6.86. The van der Waals surface area contributed by atoms with E-state index in [1.807, 2.05) is 0 Å². The molecule has 0 spiro atoms. The number of anilines is 2. The molecule has 2 heterocycles. The van der Waals surface area contributed by atoms with Crippen molar-refractivity contribution in [3.05, 3.63) is 44.5 Å². The van der Waals surface area contributed by atoms with Crippen molar-refractivity contribution in [1.29, 1.82) is 0 Å². The van der Waals surface area contributed by atoms with Crippen LogP contribution < -0.4 is 9.80 Å². The average Bonchev–Trinajstić information content (AvgIpc) is 3.33. The zero-order valence-electron chi connectivity index (χ0n) is 14.4. The van der Waals surface area contributed by atoms with Crippen LogP contribution in [0.25, 0.3) is 10.8 Å². The minimum absolute atomic E-state index is 0.147. The molecule has 8 heteroatoms. The van der Waals surface area contributed by atoms with Crippen molar-refractivity contribution in [2.24, 2.45) is 0 Å². The maximum atomic E-state index is 11.6. The summed E-state index contributed by atoms with van der Waals surface area (Å²) in [6, 6.07) is 6.34. The average molecular weight is 356 g/mol. The molecule has 2 aromatic rings. The zero-order chi connectivity index (χ0) is 18.3. The first-order valence-corrected chi connectivity index (χ1v) is 8.96. The van der Waals surface area contributed by atoms with Crippen LogP contribution >= 0.6 is 0 Å². The fraction of sp³-hybridized carbons (Fsp3) is 0.444. The zero-order valence-corrected chi connectivity index (χ0v) is 14.4. The molecule has 0 saturated carbocycles. The maximum Gasteiger partial charge on any atom is 0.284 e. The van der Waals surface area contributed by atoms with E-state index in [-0.39, 0.29) is 16.8 Å². The number of hydrogen-bond acceptors (Lipinski definition) is 6. The summed E-state index contributed by atoms with van der Waals surface area (Å²) in [6.07, 6.45) is 4.25. The smallest absolute Gasteiger partial charge is 0.284 e. The normalized spacial score (nSPS) is 17.2. The Morgan fingerprint density at radius 2 is 1.04 bits per heavy atom. The van der Waals surface area contributed by atoms with Crippen LogP contribution in [0.15, 0.2) is 24.3 Å². The largest absolute Gasteiger partial charge is 0.371 e. The number of nitrogens with zero attached hydrogens (tertiary/aromatic N) is 4. The molecule has 0 radical (unpaired) electrons. The number of rotatable bonds is 4. The fourth-order valence-electron chi connectivity index (χ4n) is 4.17. The first-order chi connectivity index (χ1) is 12.6. The van der Waals surface area contributed by atoms with Gasteiger partial charge in [-0.3, -0.25) is 20.2 Å².